The van der Waals surface area contributed by atoms with Crippen LogP contribution in [0, 0.1) is 5.92 Å². The number of carbonyl (C=O) groups is 2. The topological polar surface area (TPSA) is 53.9 Å². The lowest BCUT2D eigenvalue weighted by Gasteiger charge is -2.32. The highest BCUT2D eigenvalue weighted by atomic mass is 16.2. The summed E-state index contributed by atoms with van der Waals surface area (Å²) in [6.45, 7) is 6.28. The van der Waals surface area contributed by atoms with E-state index in [0.717, 1.165) is 37.3 Å². The van der Waals surface area contributed by atoms with Crippen LogP contribution in [0.3, 0.4) is 0 Å². The molecule has 2 N–H and O–H groups in total. The number of benzene rings is 1. The number of quaternary nitrogens is 1. The zero-order valence-electron chi connectivity index (χ0n) is 15.8. The number of piperidine rings is 1. The second kappa shape index (κ2) is 9.56. The molecule has 1 aromatic rings. The molecule has 138 valence electrons. The lowest BCUT2D eigenvalue weighted by Crippen LogP contribution is -3.11. The zero-order valence-corrected chi connectivity index (χ0v) is 15.8. The average Bonchev–Trinajstić information content (AvgIpc) is 2.55. The molecule has 0 bridgehead atoms. The van der Waals surface area contributed by atoms with Crippen molar-refractivity contribution >= 4 is 11.8 Å². The maximum Gasteiger partial charge on any atom is 0.277 e. The molecule has 2 rings (SSSR count). The molecule has 0 radical (unpaired) electrons. The fourth-order valence-corrected chi connectivity index (χ4v) is 3.41. The van der Waals surface area contributed by atoms with Crippen molar-refractivity contribution in [1.29, 1.82) is 0 Å². The van der Waals surface area contributed by atoms with Crippen molar-refractivity contribution in [3.8, 4) is 0 Å². The van der Waals surface area contributed by atoms with E-state index in [9.17, 15) is 9.59 Å². The van der Waals surface area contributed by atoms with Crippen molar-refractivity contribution in [2.24, 2.45) is 5.92 Å². The van der Waals surface area contributed by atoms with E-state index in [1.807, 2.05) is 31.9 Å². The molecule has 0 aliphatic carbocycles. The summed E-state index contributed by atoms with van der Waals surface area (Å²) in [6, 6.07) is 10.7. The number of nitrogens with one attached hydrogen (secondary N) is 2. The molecule has 5 nitrogen and oxygen atoms in total. The van der Waals surface area contributed by atoms with E-state index < -0.39 is 0 Å². The Hall–Kier alpha value is -1.88. The SMILES string of the molecule is CC(C)NC(=O)C[NH+](C)CC(=O)N1CCC(Cc2ccccc2)CC1. The maximum atomic E-state index is 12.5. The molecular weight excluding hydrogens is 314 g/mol. The first-order chi connectivity index (χ1) is 11.9. The molecular formula is C20H32N3O2+. The largest absolute Gasteiger partial charge is 0.349 e. The van der Waals surface area contributed by atoms with Gasteiger partial charge in [0.2, 0.25) is 0 Å². The lowest BCUT2D eigenvalue weighted by molar-refractivity contribution is -0.863. The number of hydrogen-bond acceptors (Lipinski definition) is 2. The quantitative estimate of drug-likeness (QED) is 0.756. The minimum absolute atomic E-state index is 0.00173. The van der Waals surface area contributed by atoms with Crippen LogP contribution in [0.4, 0.5) is 0 Å². The second-order valence-electron chi connectivity index (χ2n) is 7.55. The molecule has 5 heteroatoms. The van der Waals surface area contributed by atoms with Gasteiger partial charge in [0.05, 0.1) is 7.05 Å². The van der Waals surface area contributed by atoms with Gasteiger partial charge in [-0.2, -0.15) is 0 Å². The van der Waals surface area contributed by atoms with Crippen LogP contribution in [0.25, 0.3) is 0 Å². The highest BCUT2D eigenvalue weighted by molar-refractivity contribution is 5.79. The zero-order chi connectivity index (χ0) is 18.2. The molecule has 1 fully saturated rings. The van der Waals surface area contributed by atoms with Crippen molar-refractivity contribution < 1.29 is 14.5 Å². The molecule has 0 aromatic heterocycles. The van der Waals surface area contributed by atoms with Crippen molar-refractivity contribution in [1.82, 2.24) is 10.2 Å². The summed E-state index contributed by atoms with van der Waals surface area (Å²) in [7, 11) is 1.90. The summed E-state index contributed by atoms with van der Waals surface area (Å²) in [4.78, 5) is 27.1. The minimum atomic E-state index is 0.00173. The van der Waals surface area contributed by atoms with Crippen LogP contribution in [0.5, 0.6) is 0 Å². The van der Waals surface area contributed by atoms with Gasteiger partial charge in [0.15, 0.2) is 13.1 Å². The van der Waals surface area contributed by atoms with Gasteiger partial charge >= 0.3 is 0 Å². The Bertz CT molecular complexity index is 551. The van der Waals surface area contributed by atoms with Crippen molar-refractivity contribution in [2.75, 3.05) is 33.2 Å². The third-order valence-corrected chi connectivity index (χ3v) is 4.70. The van der Waals surface area contributed by atoms with E-state index >= 15 is 0 Å². The summed E-state index contributed by atoms with van der Waals surface area (Å²) in [6.07, 6.45) is 3.23. The summed E-state index contributed by atoms with van der Waals surface area (Å²) in [5, 5.41) is 2.87. The highest BCUT2D eigenvalue weighted by Gasteiger charge is 2.25. The molecule has 1 saturated heterocycles. The van der Waals surface area contributed by atoms with E-state index in [-0.39, 0.29) is 17.9 Å². The van der Waals surface area contributed by atoms with E-state index in [1.165, 1.54) is 5.56 Å². The number of amides is 2. The molecule has 1 heterocycles. The van der Waals surface area contributed by atoms with Gasteiger partial charge < -0.3 is 15.1 Å². The standard InChI is InChI=1S/C20H31N3O2/c1-16(2)21-19(24)14-22(3)15-20(25)23-11-9-18(10-12-23)13-17-7-5-4-6-8-17/h4-8,16,18H,9-15H2,1-3H3,(H,21,24)/p+1. The predicted molar refractivity (Wildman–Crippen MR) is 99.3 cm³/mol. The van der Waals surface area contributed by atoms with Gasteiger partial charge in [-0.3, -0.25) is 9.59 Å². The molecule has 1 atom stereocenters. The predicted octanol–water partition coefficient (Wildman–Crippen LogP) is 0.507. The summed E-state index contributed by atoms with van der Waals surface area (Å²) in [5.41, 5.74) is 1.38. The first kappa shape index (κ1) is 19.4. The summed E-state index contributed by atoms with van der Waals surface area (Å²) >= 11 is 0. The van der Waals surface area contributed by atoms with Crippen molar-refractivity contribution in [3.05, 3.63) is 35.9 Å². The first-order valence-electron chi connectivity index (χ1n) is 9.36. The Labute approximate surface area is 151 Å². The molecule has 2 amide bonds. The van der Waals surface area contributed by atoms with Gasteiger partial charge in [-0.1, -0.05) is 30.3 Å². The van der Waals surface area contributed by atoms with Crippen LogP contribution in [0.15, 0.2) is 30.3 Å². The van der Waals surface area contributed by atoms with Gasteiger partial charge in [0.1, 0.15) is 0 Å². The smallest absolute Gasteiger partial charge is 0.277 e. The van der Waals surface area contributed by atoms with Gasteiger partial charge in [-0.15, -0.1) is 0 Å². The third-order valence-electron chi connectivity index (χ3n) is 4.70. The Morgan fingerprint density at radius 1 is 1.16 bits per heavy atom. The number of rotatable bonds is 7. The normalized spacial score (nSPS) is 16.7. The molecule has 25 heavy (non-hydrogen) atoms. The van der Waals surface area contributed by atoms with E-state index in [1.54, 1.807) is 0 Å². The van der Waals surface area contributed by atoms with Crippen LogP contribution in [-0.4, -0.2) is 56.0 Å². The molecule has 0 saturated carbocycles. The maximum absolute atomic E-state index is 12.5. The van der Waals surface area contributed by atoms with Crippen LogP contribution < -0.4 is 10.2 Å². The van der Waals surface area contributed by atoms with Gasteiger partial charge in [0, 0.05) is 19.1 Å². The Morgan fingerprint density at radius 3 is 2.40 bits per heavy atom. The van der Waals surface area contributed by atoms with Crippen LogP contribution in [-0.2, 0) is 16.0 Å². The fraction of sp³-hybridized carbons (Fsp3) is 0.600. The van der Waals surface area contributed by atoms with Crippen molar-refractivity contribution in [3.63, 3.8) is 0 Å². The van der Waals surface area contributed by atoms with Crippen LogP contribution >= 0.6 is 0 Å². The lowest BCUT2D eigenvalue weighted by atomic mass is 9.90. The number of likely N-dealkylation sites (N-methyl/N-ethyl adjacent to an activating group) is 1. The molecule has 0 spiro atoms. The van der Waals surface area contributed by atoms with E-state index in [0.29, 0.717) is 19.0 Å². The number of nitrogens with zero attached hydrogens (tertiary/aromatic N) is 1. The van der Waals surface area contributed by atoms with E-state index in [2.05, 4.69) is 29.6 Å². The summed E-state index contributed by atoms with van der Waals surface area (Å²) in [5.74, 6) is 0.822. The first-order valence-corrected chi connectivity index (χ1v) is 9.36. The fourth-order valence-electron chi connectivity index (χ4n) is 3.41. The molecule has 1 aromatic carbocycles. The Balaban J connectivity index is 1.71. The summed E-state index contributed by atoms with van der Waals surface area (Å²) < 4.78 is 0. The second-order valence-corrected chi connectivity index (χ2v) is 7.55. The molecule has 1 aliphatic rings. The van der Waals surface area contributed by atoms with Crippen LogP contribution in [0.2, 0.25) is 0 Å². The van der Waals surface area contributed by atoms with Gasteiger partial charge in [-0.05, 0) is 44.6 Å². The van der Waals surface area contributed by atoms with Crippen molar-refractivity contribution in [2.45, 2.75) is 39.2 Å². The minimum Gasteiger partial charge on any atom is -0.349 e. The van der Waals surface area contributed by atoms with Gasteiger partial charge in [-0.25, -0.2) is 0 Å². The number of carbonyl (C=O) groups excluding carboxylic acids is 2. The Kier molecular flexibility index (Phi) is 7.44. The monoisotopic (exact) mass is 346 g/mol. The molecule has 1 unspecified atom stereocenters. The van der Waals surface area contributed by atoms with Gasteiger partial charge in [0.25, 0.3) is 11.8 Å². The van der Waals surface area contributed by atoms with E-state index in [4.69, 9.17) is 0 Å². The Morgan fingerprint density at radius 2 is 1.80 bits per heavy atom. The average molecular weight is 346 g/mol. The van der Waals surface area contributed by atoms with Crippen LogP contribution in [0.1, 0.15) is 32.3 Å². The highest BCUT2D eigenvalue weighted by Crippen LogP contribution is 2.21. The third kappa shape index (κ3) is 6.86. The number of likely N-dealkylation sites (tertiary alicyclic amines) is 1. The number of hydrogen-bond donors (Lipinski definition) is 2. The molecule has 1 aliphatic heterocycles.